The highest BCUT2D eigenvalue weighted by Crippen LogP contribution is 2.39. The van der Waals surface area contributed by atoms with Gasteiger partial charge in [-0.1, -0.05) is 25.4 Å². The van der Waals surface area contributed by atoms with Gasteiger partial charge in [-0.25, -0.2) is 0 Å². The summed E-state index contributed by atoms with van der Waals surface area (Å²) >= 11 is 9.52. The van der Waals surface area contributed by atoms with Crippen molar-refractivity contribution in [2.75, 3.05) is 12.5 Å². The summed E-state index contributed by atoms with van der Waals surface area (Å²) in [6.07, 6.45) is 4.08. The summed E-state index contributed by atoms with van der Waals surface area (Å²) in [7, 11) is 0. The van der Waals surface area contributed by atoms with Gasteiger partial charge in [0.2, 0.25) is 0 Å². The predicted octanol–water partition coefficient (Wildman–Crippen LogP) is 4.54. The molecular formula is C13H17ClO2S2. The Morgan fingerprint density at radius 2 is 1.94 bits per heavy atom. The van der Waals surface area contributed by atoms with Crippen LogP contribution < -0.4 is 0 Å². The maximum Gasteiger partial charge on any atom is 0.304 e. The standard InChI is InChI=1S/C13H17ClO2S2/c1-13(2,7-11(15)16)8-5-9(14)12(18-4)10(6-8)17-3/h5-6H,7H2,1-4H3,(H,15,16). The van der Waals surface area contributed by atoms with Crippen LogP contribution in [0.25, 0.3) is 0 Å². The van der Waals surface area contributed by atoms with Gasteiger partial charge >= 0.3 is 5.97 Å². The highest BCUT2D eigenvalue weighted by atomic mass is 35.5. The molecule has 0 atom stereocenters. The van der Waals surface area contributed by atoms with E-state index in [0.29, 0.717) is 5.02 Å². The highest BCUT2D eigenvalue weighted by Gasteiger charge is 2.25. The second kappa shape index (κ2) is 6.22. The van der Waals surface area contributed by atoms with E-state index in [2.05, 4.69) is 0 Å². The number of rotatable bonds is 5. The number of carboxylic acid groups (broad SMARTS) is 1. The molecule has 0 amide bonds. The third-order valence-corrected chi connectivity index (χ3v) is 4.96. The number of hydrogen-bond donors (Lipinski definition) is 1. The van der Waals surface area contributed by atoms with Gasteiger partial charge < -0.3 is 5.11 Å². The minimum atomic E-state index is -0.796. The number of halogens is 1. The van der Waals surface area contributed by atoms with Crippen molar-refractivity contribution < 1.29 is 9.90 Å². The predicted molar refractivity (Wildman–Crippen MR) is 80.3 cm³/mol. The van der Waals surface area contributed by atoms with E-state index in [1.165, 1.54) is 0 Å². The SMILES string of the molecule is CSc1cc(C(C)(C)CC(=O)O)cc(Cl)c1SC. The zero-order chi connectivity index (χ0) is 13.9. The van der Waals surface area contributed by atoms with Crippen LogP contribution in [0.15, 0.2) is 21.9 Å². The number of carboxylic acids is 1. The molecule has 2 nitrogen and oxygen atoms in total. The molecule has 0 saturated carbocycles. The van der Waals surface area contributed by atoms with Gasteiger partial charge in [0, 0.05) is 15.2 Å². The molecule has 0 spiro atoms. The fraction of sp³-hybridized carbons (Fsp3) is 0.462. The monoisotopic (exact) mass is 304 g/mol. The quantitative estimate of drug-likeness (QED) is 0.811. The summed E-state index contributed by atoms with van der Waals surface area (Å²) in [6.45, 7) is 3.85. The van der Waals surface area contributed by atoms with Crippen LogP contribution in [-0.4, -0.2) is 23.6 Å². The Balaban J connectivity index is 3.26. The maximum atomic E-state index is 10.9. The van der Waals surface area contributed by atoms with Crippen LogP contribution >= 0.6 is 35.1 Å². The number of carbonyl (C=O) groups is 1. The van der Waals surface area contributed by atoms with E-state index in [4.69, 9.17) is 16.7 Å². The third-order valence-electron chi connectivity index (χ3n) is 2.81. The first kappa shape index (κ1) is 15.7. The van der Waals surface area contributed by atoms with Gasteiger partial charge in [0.25, 0.3) is 0 Å². The molecule has 0 aliphatic heterocycles. The van der Waals surface area contributed by atoms with Gasteiger partial charge in [-0.05, 0) is 30.2 Å². The molecule has 0 radical (unpaired) electrons. The molecule has 0 aliphatic carbocycles. The lowest BCUT2D eigenvalue weighted by Gasteiger charge is -2.25. The molecule has 5 heteroatoms. The van der Waals surface area contributed by atoms with Crippen molar-refractivity contribution in [2.24, 2.45) is 0 Å². The zero-order valence-corrected chi connectivity index (χ0v) is 13.3. The van der Waals surface area contributed by atoms with E-state index in [1.807, 2.05) is 38.5 Å². The Morgan fingerprint density at radius 3 is 2.39 bits per heavy atom. The van der Waals surface area contributed by atoms with Crippen LogP contribution in [0.4, 0.5) is 0 Å². The van der Waals surface area contributed by atoms with Gasteiger partial charge in [0.15, 0.2) is 0 Å². The van der Waals surface area contributed by atoms with Gasteiger partial charge in [-0.3, -0.25) is 4.79 Å². The fourth-order valence-corrected chi connectivity index (χ4v) is 3.85. The van der Waals surface area contributed by atoms with Crippen LogP contribution in [0, 0.1) is 0 Å². The second-order valence-corrected chi connectivity index (χ2v) is 6.72. The van der Waals surface area contributed by atoms with E-state index in [0.717, 1.165) is 15.4 Å². The topological polar surface area (TPSA) is 37.3 Å². The lowest BCUT2D eigenvalue weighted by molar-refractivity contribution is -0.138. The number of aliphatic carboxylic acids is 1. The minimum absolute atomic E-state index is 0.0930. The van der Waals surface area contributed by atoms with Crippen molar-refractivity contribution in [3.05, 3.63) is 22.7 Å². The minimum Gasteiger partial charge on any atom is -0.481 e. The van der Waals surface area contributed by atoms with Crippen molar-refractivity contribution >= 4 is 41.1 Å². The maximum absolute atomic E-state index is 10.9. The van der Waals surface area contributed by atoms with Gasteiger partial charge in [0.1, 0.15) is 0 Å². The number of hydrogen-bond acceptors (Lipinski definition) is 3. The smallest absolute Gasteiger partial charge is 0.304 e. The Morgan fingerprint density at radius 1 is 1.33 bits per heavy atom. The molecule has 0 unspecified atom stereocenters. The molecule has 100 valence electrons. The largest absolute Gasteiger partial charge is 0.481 e. The Labute approximate surface area is 121 Å². The average molecular weight is 305 g/mol. The van der Waals surface area contributed by atoms with Crippen LogP contribution in [0.3, 0.4) is 0 Å². The molecule has 0 fully saturated rings. The molecule has 1 aromatic carbocycles. The molecular weight excluding hydrogens is 288 g/mol. The lowest BCUT2D eigenvalue weighted by Crippen LogP contribution is -2.21. The van der Waals surface area contributed by atoms with Crippen molar-refractivity contribution in [2.45, 2.75) is 35.5 Å². The molecule has 0 saturated heterocycles. The summed E-state index contributed by atoms with van der Waals surface area (Å²) in [5.74, 6) is -0.796. The Bertz CT molecular complexity index is 459. The first-order valence-electron chi connectivity index (χ1n) is 5.45. The highest BCUT2D eigenvalue weighted by molar-refractivity contribution is 8.01. The summed E-state index contributed by atoms with van der Waals surface area (Å²) in [4.78, 5) is 13.1. The van der Waals surface area contributed by atoms with Crippen molar-refractivity contribution in [1.29, 1.82) is 0 Å². The molecule has 1 aromatic rings. The zero-order valence-electron chi connectivity index (χ0n) is 10.9. The molecule has 0 aromatic heterocycles. The molecule has 1 rings (SSSR count). The van der Waals surface area contributed by atoms with E-state index >= 15 is 0 Å². The average Bonchev–Trinajstić information content (AvgIpc) is 2.26. The summed E-state index contributed by atoms with van der Waals surface area (Å²) in [6, 6.07) is 3.93. The molecule has 0 heterocycles. The van der Waals surface area contributed by atoms with E-state index in [9.17, 15) is 4.79 Å². The van der Waals surface area contributed by atoms with Gasteiger partial charge in [0.05, 0.1) is 11.4 Å². The van der Waals surface area contributed by atoms with Crippen LogP contribution in [0.2, 0.25) is 5.02 Å². The third kappa shape index (κ3) is 3.59. The number of thioether (sulfide) groups is 2. The summed E-state index contributed by atoms with van der Waals surface area (Å²) < 4.78 is 0. The van der Waals surface area contributed by atoms with Gasteiger partial charge in [-0.15, -0.1) is 23.5 Å². The van der Waals surface area contributed by atoms with Crippen molar-refractivity contribution in [3.63, 3.8) is 0 Å². The summed E-state index contributed by atoms with van der Waals surface area (Å²) in [5.41, 5.74) is 0.550. The van der Waals surface area contributed by atoms with Gasteiger partial charge in [-0.2, -0.15) is 0 Å². The van der Waals surface area contributed by atoms with Crippen LogP contribution in [0.5, 0.6) is 0 Å². The number of benzene rings is 1. The Kier molecular flexibility index (Phi) is 5.44. The lowest BCUT2D eigenvalue weighted by atomic mass is 9.82. The molecule has 18 heavy (non-hydrogen) atoms. The van der Waals surface area contributed by atoms with Crippen LogP contribution in [-0.2, 0) is 10.2 Å². The van der Waals surface area contributed by atoms with E-state index in [1.54, 1.807) is 23.5 Å². The van der Waals surface area contributed by atoms with Crippen molar-refractivity contribution in [3.8, 4) is 0 Å². The second-order valence-electron chi connectivity index (χ2n) is 4.65. The first-order chi connectivity index (χ1) is 8.31. The Hall–Kier alpha value is -0.320. The van der Waals surface area contributed by atoms with Crippen LogP contribution in [0.1, 0.15) is 25.8 Å². The fourth-order valence-electron chi connectivity index (χ4n) is 1.79. The summed E-state index contributed by atoms with van der Waals surface area (Å²) in [5, 5.41) is 9.66. The molecule has 0 aliphatic rings. The first-order valence-corrected chi connectivity index (χ1v) is 8.28. The van der Waals surface area contributed by atoms with Crippen molar-refractivity contribution in [1.82, 2.24) is 0 Å². The normalized spacial score (nSPS) is 11.6. The van der Waals surface area contributed by atoms with E-state index in [-0.39, 0.29) is 6.42 Å². The van der Waals surface area contributed by atoms with E-state index < -0.39 is 11.4 Å². The molecule has 1 N–H and O–H groups in total. The molecule has 0 bridgehead atoms.